The Morgan fingerprint density at radius 1 is 1.17 bits per heavy atom. The van der Waals surface area contributed by atoms with E-state index in [1.54, 1.807) is 30.3 Å². The molecule has 162 valence electrons. The van der Waals surface area contributed by atoms with Crippen LogP contribution in [0.2, 0.25) is 0 Å². The fraction of sp³-hybridized carbons (Fsp3) is 0.409. The maximum Gasteiger partial charge on any atom is 0.416 e. The van der Waals surface area contributed by atoms with E-state index in [1.165, 1.54) is 24.0 Å². The van der Waals surface area contributed by atoms with E-state index in [2.05, 4.69) is 0 Å². The van der Waals surface area contributed by atoms with Gasteiger partial charge in [-0.05, 0) is 37.3 Å². The van der Waals surface area contributed by atoms with Crippen LogP contribution in [0.1, 0.15) is 22.8 Å². The van der Waals surface area contributed by atoms with E-state index in [1.807, 2.05) is 4.90 Å². The van der Waals surface area contributed by atoms with Crippen LogP contribution in [0.5, 0.6) is 5.75 Å². The maximum atomic E-state index is 12.9. The molecule has 0 aromatic heterocycles. The summed E-state index contributed by atoms with van der Waals surface area (Å²) in [5.74, 6) is 0.482. The number of benzene rings is 2. The number of hydrogen-bond acceptors (Lipinski definition) is 4. The van der Waals surface area contributed by atoms with Crippen molar-refractivity contribution in [2.45, 2.75) is 19.2 Å². The molecule has 2 aromatic carbocycles. The van der Waals surface area contributed by atoms with Crippen LogP contribution >= 0.6 is 0 Å². The lowest BCUT2D eigenvalue weighted by Gasteiger charge is -2.34. The molecule has 1 saturated heterocycles. The molecule has 0 spiro atoms. The highest BCUT2D eigenvalue weighted by Crippen LogP contribution is 2.31. The van der Waals surface area contributed by atoms with Crippen molar-refractivity contribution in [3.8, 4) is 5.75 Å². The van der Waals surface area contributed by atoms with Crippen LogP contribution in [0, 0.1) is 0 Å². The number of ketones is 1. The van der Waals surface area contributed by atoms with E-state index in [0.29, 0.717) is 49.7 Å². The second-order valence-electron chi connectivity index (χ2n) is 7.54. The first-order valence-electron chi connectivity index (χ1n) is 9.90. The van der Waals surface area contributed by atoms with Crippen molar-refractivity contribution in [1.29, 1.82) is 0 Å². The first-order chi connectivity index (χ1) is 14.2. The molecule has 2 aromatic rings. The van der Waals surface area contributed by atoms with Crippen LogP contribution in [0.15, 0.2) is 48.5 Å². The molecule has 1 aliphatic rings. The van der Waals surface area contributed by atoms with Gasteiger partial charge in [0.05, 0.1) is 31.7 Å². The Morgan fingerprint density at radius 2 is 1.87 bits per heavy atom. The quantitative estimate of drug-likeness (QED) is 0.670. The monoisotopic (exact) mass is 423 g/mol. The number of hydrogen-bond donors (Lipinski definition) is 2. The number of piperazine rings is 1. The van der Waals surface area contributed by atoms with Crippen molar-refractivity contribution in [3.05, 3.63) is 59.7 Å². The summed E-state index contributed by atoms with van der Waals surface area (Å²) >= 11 is 0. The number of carbonyl (C=O) groups is 1. The van der Waals surface area contributed by atoms with E-state index in [-0.39, 0.29) is 12.4 Å². The average Bonchev–Trinajstić information content (AvgIpc) is 2.72. The van der Waals surface area contributed by atoms with Gasteiger partial charge in [0.25, 0.3) is 0 Å². The maximum absolute atomic E-state index is 12.9. The molecule has 0 bridgehead atoms. The van der Waals surface area contributed by atoms with E-state index >= 15 is 0 Å². The molecule has 1 heterocycles. The van der Waals surface area contributed by atoms with E-state index in [0.717, 1.165) is 6.07 Å². The fourth-order valence-corrected chi connectivity index (χ4v) is 3.55. The van der Waals surface area contributed by atoms with Crippen LogP contribution in [0.3, 0.4) is 0 Å². The lowest BCUT2D eigenvalue weighted by atomic mass is 10.1. The zero-order chi connectivity index (χ0) is 21.7. The van der Waals surface area contributed by atoms with Gasteiger partial charge < -0.3 is 19.6 Å². The van der Waals surface area contributed by atoms with Crippen LogP contribution < -0.4 is 14.5 Å². The van der Waals surface area contributed by atoms with Crippen molar-refractivity contribution < 1.29 is 32.7 Å². The normalized spacial score (nSPS) is 16.4. The number of quaternary nitrogens is 1. The van der Waals surface area contributed by atoms with Gasteiger partial charge in [0.15, 0.2) is 5.78 Å². The van der Waals surface area contributed by atoms with Crippen LogP contribution in [-0.2, 0) is 6.18 Å². The minimum absolute atomic E-state index is 0.0518. The molecule has 1 aliphatic heterocycles. The number of rotatable bonds is 7. The van der Waals surface area contributed by atoms with E-state index < -0.39 is 17.8 Å². The number of aliphatic hydroxyl groups excluding tert-OH is 1. The third-order valence-electron chi connectivity index (χ3n) is 5.22. The van der Waals surface area contributed by atoms with Gasteiger partial charge in [-0.1, -0.05) is 18.2 Å². The zero-order valence-corrected chi connectivity index (χ0v) is 16.8. The molecule has 3 rings (SSSR count). The number of ether oxygens (including phenoxy) is 1. The molecule has 30 heavy (non-hydrogen) atoms. The van der Waals surface area contributed by atoms with Gasteiger partial charge in [0.2, 0.25) is 0 Å². The summed E-state index contributed by atoms with van der Waals surface area (Å²) in [6.07, 6.45) is -5.03. The summed E-state index contributed by atoms with van der Waals surface area (Å²) in [5.41, 5.74) is 0.479. The Morgan fingerprint density at radius 3 is 2.53 bits per heavy atom. The van der Waals surface area contributed by atoms with E-state index in [4.69, 9.17) is 4.74 Å². The van der Waals surface area contributed by atoms with Crippen molar-refractivity contribution in [2.24, 2.45) is 0 Å². The lowest BCUT2D eigenvalue weighted by molar-refractivity contribution is -0.903. The molecule has 5 nitrogen and oxygen atoms in total. The molecule has 8 heteroatoms. The third kappa shape index (κ3) is 5.96. The second-order valence-corrected chi connectivity index (χ2v) is 7.54. The molecule has 1 fully saturated rings. The Kier molecular flexibility index (Phi) is 6.99. The molecular weight excluding hydrogens is 397 g/mol. The number of aliphatic hydroxyl groups is 1. The summed E-state index contributed by atoms with van der Waals surface area (Å²) in [6, 6.07) is 12.2. The summed E-state index contributed by atoms with van der Waals surface area (Å²) in [6.45, 7) is 4.75. The molecule has 0 aliphatic carbocycles. The van der Waals surface area contributed by atoms with Gasteiger partial charge in [-0.15, -0.1) is 0 Å². The molecule has 0 amide bonds. The summed E-state index contributed by atoms with van der Waals surface area (Å²) in [4.78, 5) is 14.5. The number of nitrogens with zero attached hydrogens (tertiary/aromatic N) is 1. The van der Waals surface area contributed by atoms with Crippen molar-refractivity contribution in [2.75, 3.05) is 44.2 Å². The number of nitrogens with one attached hydrogen (secondary N) is 1. The van der Waals surface area contributed by atoms with Crippen molar-refractivity contribution in [3.63, 3.8) is 0 Å². The largest absolute Gasteiger partial charge is 0.491 e. The average molecular weight is 423 g/mol. The van der Waals surface area contributed by atoms with Gasteiger partial charge >= 0.3 is 6.18 Å². The molecule has 1 atom stereocenters. The lowest BCUT2D eigenvalue weighted by Crippen LogP contribution is -3.16. The zero-order valence-electron chi connectivity index (χ0n) is 16.8. The van der Waals surface area contributed by atoms with E-state index in [9.17, 15) is 23.1 Å². The first-order valence-corrected chi connectivity index (χ1v) is 9.90. The third-order valence-corrected chi connectivity index (χ3v) is 5.22. The van der Waals surface area contributed by atoms with Crippen LogP contribution in [-0.4, -0.2) is 56.3 Å². The number of carbonyl (C=O) groups excluding carboxylic acids is 1. The Balaban J connectivity index is 1.46. The van der Waals surface area contributed by atoms with Gasteiger partial charge in [-0.2, -0.15) is 13.2 Å². The molecule has 0 radical (unpaired) electrons. The first kappa shape index (κ1) is 22.1. The van der Waals surface area contributed by atoms with Crippen LogP contribution in [0.25, 0.3) is 0 Å². The minimum Gasteiger partial charge on any atom is -0.491 e. The molecule has 2 N–H and O–H groups in total. The van der Waals surface area contributed by atoms with Crippen molar-refractivity contribution >= 4 is 11.5 Å². The highest BCUT2D eigenvalue weighted by molar-refractivity contribution is 5.94. The second kappa shape index (κ2) is 9.49. The fourth-order valence-electron chi connectivity index (χ4n) is 3.55. The molecule has 0 unspecified atom stereocenters. The minimum atomic E-state index is -4.35. The SMILES string of the molecule is CC(=O)c1cccc(OC[C@@H](O)C[NH+]2CCN(c3cccc(C(F)(F)F)c3)CC2)c1. The van der Waals surface area contributed by atoms with Crippen LogP contribution in [0.4, 0.5) is 18.9 Å². The van der Waals surface area contributed by atoms with Gasteiger partial charge in [0, 0.05) is 11.3 Å². The number of alkyl halides is 3. The summed E-state index contributed by atoms with van der Waals surface area (Å²) in [7, 11) is 0. The smallest absolute Gasteiger partial charge is 0.416 e. The molecule has 0 saturated carbocycles. The van der Waals surface area contributed by atoms with Gasteiger partial charge in [-0.25, -0.2) is 0 Å². The summed E-state index contributed by atoms with van der Waals surface area (Å²) < 4.78 is 44.4. The number of anilines is 1. The highest BCUT2D eigenvalue weighted by Gasteiger charge is 2.31. The Bertz CT molecular complexity index is 865. The van der Waals surface area contributed by atoms with Gasteiger partial charge in [0.1, 0.15) is 25.0 Å². The van der Waals surface area contributed by atoms with Crippen molar-refractivity contribution in [1.82, 2.24) is 0 Å². The highest BCUT2D eigenvalue weighted by atomic mass is 19.4. The number of halogens is 3. The van der Waals surface area contributed by atoms with Gasteiger partial charge in [-0.3, -0.25) is 4.79 Å². The predicted octanol–water partition coefficient (Wildman–Crippen LogP) is 2.05. The predicted molar refractivity (Wildman–Crippen MR) is 107 cm³/mol. The Hall–Kier alpha value is -2.58. The summed E-state index contributed by atoms with van der Waals surface area (Å²) in [5, 5.41) is 10.3. The topological polar surface area (TPSA) is 54.2 Å². The molecular formula is C22H26F3N2O3+. The Labute approximate surface area is 173 Å². The number of Topliss-reactive ketones (excluding diaryl/α,β-unsaturated/α-hetero) is 1. The standard InChI is InChI=1S/C22H25F3N2O3/c1-16(28)17-4-2-7-21(12-17)30-15-20(29)14-26-8-10-27(11-9-26)19-6-3-5-18(13-19)22(23,24)25/h2-7,12-13,20,29H,8-11,14-15H2,1H3/p+1/t20-/m0/s1.